The van der Waals surface area contributed by atoms with Crippen LogP contribution in [0.2, 0.25) is 0 Å². The van der Waals surface area contributed by atoms with Crippen molar-refractivity contribution < 1.29 is 8.83 Å². The smallest absolute Gasteiger partial charge is 0.277 e. The first-order valence-corrected chi connectivity index (χ1v) is 9.03. The number of aryl methyl sites for hydroxylation is 1. The maximum atomic E-state index is 5.79. The van der Waals surface area contributed by atoms with Crippen molar-refractivity contribution in [2.45, 2.75) is 24.3 Å². The molecule has 0 unspecified atom stereocenters. The zero-order valence-corrected chi connectivity index (χ0v) is 15.1. The van der Waals surface area contributed by atoms with Gasteiger partial charge in [0, 0.05) is 11.1 Å². The van der Waals surface area contributed by atoms with Crippen molar-refractivity contribution in [3.8, 4) is 22.9 Å². The van der Waals surface area contributed by atoms with Gasteiger partial charge < -0.3 is 8.83 Å². The fourth-order valence-electron chi connectivity index (χ4n) is 2.48. The van der Waals surface area contributed by atoms with Crippen molar-refractivity contribution in [1.82, 2.24) is 20.4 Å². The van der Waals surface area contributed by atoms with Crippen LogP contribution in [0.3, 0.4) is 0 Å². The molecule has 4 aromatic rings. The van der Waals surface area contributed by atoms with Crippen LogP contribution >= 0.6 is 11.8 Å². The zero-order chi connectivity index (χ0) is 17.9. The highest BCUT2D eigenvalue weighted by Gasteiger charge is 2.20. The molecular formula is C19H16N4O2S. The first-order valence-electron chi connectivity index (χ1n) is 8.15. The Morgan fingerprint density at radius 1 is 0.808 bits per heavy atom. The molecule has 7 heteroatoms. The first kappa shape index (κ1) is 16.5. The van der Waals surface area contributed by atoms with Crippen molar-refractivity contribution >= 4 is 11.8 Å². The van der Waals surface area contributed by atoms with Crippen molar-refractivity contribution in [1.29, 1.82) is 0 Å². The monoisotopic (exact) mass is 364 g/mol. The summed E-state index contributed by atoms with van der Waals surface area (Å²) >= 11 is 1.39. The van der Waals surface area contributed by atoms with Gasteiger partial charge >= 0.3 is 0 Å². The predicted molar refractivity (Wildman–Crippen MR) is 98.5 cm³/mol. The van der Waals surface area contributed by atoms with Gasteiger partial charge in [-0.3, -0.25) is 0 Å². The van der Waals surface area contributed by atoms with Crippen molar-refractivity contribution in [3.63, 3.8) is 0 Å². The molecule has 4 rings (SSSR count). The Morgan fingerprint density at radius 3 is 2.35 bits per heavy atom. The highest BCUT2D eigenvalue weighted by molar-refractivity contribution is 7.99. The van der Waals surface area contributed by atoms with Crippen LogP contribution in [0, 0.1) is 6.92 Å². The molecule has 2 aromatic carbocycles. The third-order valence-electron chi connectivity index (χ3n) is 3.87. The fourth-order valence-corrected chi connectivity index (χ4v) is 3.19. The molecule has 0 saturated carbocycles. The molecule has 0 fully saturated rings. The minimum Gasteiger partial charge on any atom is -0.419 e. The van der Waals surface area contributed by atoms with E-state index in [0.29, 0.717) is 22.9 Å². The predicted octanol–water partition coefficient (Wildman–Crippen LogP) is 4.95. The number of benzene rings is 2. The zero-order valence-electron chi connectivity index (χ0n) is 14.3. The van der Waals surface area contributed by atoms with E-state index in [2.05, 4.69) is 20.4 Å². The van der Waals surface area contributed by atoms with E-state index in [0.717, 1.165) is 16.7 Å². The third-order valence-corrected chi connectivity index (χ3v) is 4.79. The molecule has 0 aliphatic carbocycles. The molecule has 26 heavy (non-hydrogen) atoms. The largest absolute Gasteiger partial charge is 0.419 e. The Bertz CT molecular complexity index is 1010. The summed E-state index contributed by atoms with van der Waals surface area (Å²) in [5.74, 6) is 1.52. The van der Waals surface area contributed by atoms with Gasteiger partial charge in [0.05, 0.1) is 5.25 Å². The van der Waals surface area contributed by atoms with Crippen LogP contribution < -0.4 is 0 Å². The van der Waals surface area contributed by atoms with E-state index < -0.39 is 0 Å². The van der Waals surface area contributed by atoms with Gasteiger partial charge in [-0.2, -0.15) is 0 Å². The maximum absolute atomic E-state index is 5.79. The van der Waals surface area contributed by atoms with Crippen LogP contribution in [0.25, 0.3) is 22.9 Å². The fraction of sp³-hybridized carbons (Fsp3) is 0.158. The van der Waals surface area contributed by atoms with E-state index in [4.69, 9.17) is 8.83 Å². The van der Waals surface area contributed by atoms with Gasteiger partial charge in [-0.25, -0.2) is 0 Å². The average molecular weight is 364 g/mol. The quantitative estimate of drug-likeness (QED) is 0.464. The molecular weight excluding hydrogens is 348 g/mol. The number of thioether (sulfide) groups is 1. The van der Waals surface area contributed by atoms with Gasteiger partial charge in [0.1, 0.15) is 0 Å². The van der Waals surface area contributed by atoms with Crippen LogP contribution in [0.1, 0.15) is 23.6 Å². The number of rotatable bonds is 5. The van der Waals surface area contributed by atoms with Crippen molar-refractivity contribution in [2.75, 3.05) is 0 Å². The average Bonchev–Trinajstić information content (AvgIpc) is 3.33. The molecule has 0 amide bonds. The molecule has 2 aromatic heterocycles. The molecule has 0 aliphatic heterocycles. The second-order valence-corrected chi connectivity index (χ2v) is 7.05. The summed E-state index contributed by atoms with van der Waals surface area (Å²) in [5, 5.41) is 16.9. The van der Waals surface area contributed by atoms with E-state index in [1.54, 1.807) is 0 Å². The van der Waals surface area contributed by atoms with Crippen LogP contribution in [-0.2, 0) is 0 Å². The van der Waals surface area contributed by atoms with Gasteiger partial charge in [0.2, 0.25) is 17.7 Å². The lowest BCUT2D eigenvalue weighted by Crippen LogP contribution is -1.88. The highest BCUT2D eigenvalue weighted by Crippen LogP contribution is 2.35. The SMILES string of the molecule is Cc1ccccc1-c1nnc(S[C@H](C)c2nnc(-c3ccccc3)o2)o1. The van der Waals surface area contributed by atoms with Crippen molar-refractivity contribution in [2.24, 2.45) is 0 Å². The van der Waals surface area contributed by atoms with Gasteiger partial charge in [-0.05, 0) is 37.6 Å². The lowest BCUT2D eigenvalue weighted by atomic mass is 10.1. The first-order chi connectivity index (χ1) is 12.7. The molecule has 0 aliphatic rings. The Hall–Kier alpha value is -2.93. The van der Waals surface area contributed by atoms with E-state index in [-0.39, 0.29) is 5.25 Å². The van der Waals surface area contributed by atoms with E-state index >= 15 is 0 Å². The number of nitrogens with zero attached hydrogens (tertiary/aromatic N) is 4. The molecule has 1 atom stereocenters. The Labute approximate surface area is 154 Å². The van der Waals surface area contributed by atoms with Gasteiger partial charge in [0.15, 0.2) is 0 Å². The minimum absolute atomic E-state index is 0.106. The third kappa shape index (κ3) is 3.39. The Balaban J connectivity index is 1.50. The van der Waals surface area contributed by atoms with E-state index in [1.807, 2.05) is 68.4 Å². The second-order valence-electron chi connectivity index (χ2n) is 5.76. The standard InChI is InChI=1S/C19H16N4O2S/c1-12-8-6-7-11-15(12)18-22-23-19(25-18)26-13(2)16-20-21-17(24-16)14-9-4-3-5-10-14/h3-11,13H,1-2H3/t13-/m1/s1. The summed E-state index contributed by atoms with van der Waals surface area (Å²) in [6.45, 7) is 3.98. The molecule has 6 nitrogen and oxygen atoms in total. The molecule has 2 heterocycles. The summed E-state index contributed by atoms with van der Waals surface area (Å²) in [6.07, 6.45) is 0. The normalized spacial score (nSPS) is 12.2. The Kier molecular flexibility index (Phi) is 4.53. The van der Waals surface area contributed by atoms with E-state index in [9.17, 15) is 0 Å². The van der Waals surface area contributed by atoms with Crippen LogP contribution in [0.4, 0.5) is 0 Å². The maximum Gasteiger partial charge on any atom is 0.277 e. The molecule has 0 spiro atoms. The van der Waals surface area contributed by atoms with Gasteiger partial charge in [-0.1, -0.05) is 48.2 Å². The van der Waals surface area contributed by atoms with Crippen LogP contribution in [0.5, 0.6) is 0 Å². The highest BCUT2D eigenvalue weighted by atomic mass is 32.2. The van der Waals surface area contributed by atoms with E-state index in [1.165, 1.54) is 11.8 Å². The second kappa shape index (κ2) is 7.13. The molecule has 0 saturated heterocycles. The number of hydrogen-bond acceptors (Lipinski definition) is 7. The van der Waals surface area contributed by atoms with Crippen LogP contribution in [-0.4, -0.2) is 20.4 Å². The molecule has 0 bridgehead atoms. The summed E-state index contributed by atoms with van der Waals surface area (Å²) < 4.78 is 11.6. The van der Waals surface area contributed by atoms with Gasteiger partial charge in [-0.15, -0.1) is 20.4 Å². The lowest BCUT2D eigenvalue weighted by molar-refractivity contribution is 0.461. The summed E-state index contributed by atoms with van der Waals surface area (Å²) in [5.41, 5.74) is 2.91. The number of aromatic nitrogens is 4. The molecule has 0 N–H and O–H groups in total. The Morgan fingerprint density at radius 2 is 1.54 bits per heavy atom. The summed E-state index contributed by atoms with van der Waals surface area (Å²) in [7, 11) is 0. The van der Waals surface area contributed by atoms with Crippen LogP contribution in [0.15, 0.2) is 68.7 Å². The lowest BCUT2D eigenvalue weighted by Gasteiger charge is -2.02. The topological polar surface area (TPSA) is 77.8 Å². The molecule has 130 valence electrons. The molecule has 0 radical (unpaired) electrons. The van der Waals surface area contributed by atoms with Crippen molar-refractivity contribution in [3.05, 3.63) is 66.1 Å². The minimum atomic E-state index is -0.106. The summed E-state index contributed by atoms with van der Waals surface area (Å²) in [6, 6.07) is 17.6. The number of hydrogen-bond donors (Lipinski definition) is 0. The van der Waals surface area contributed by atoms with Gasteiger partial charge in [0.25, 0.3) is 5.22 Å². The summed E-state index contributed by atoms with van der Waals surface area (Å²) in [4.78, 5) is 0.